The van der Waals surface area contributed by atoms with Gasteiger partial charge in [0.15, 0.2) is 0 Å². The topological polar surface area (TPSA) is 49.4 Å². The molecule has 0 aromatic heterocycles. The molecule has 3 rings (SSSR count). The van der Waals surface area contributed by atoms with Crippen molar-refractivity contribution in [2.24, 2.45) is 0 Å². The summed E-state index contributed by atoms with van der Waals surface area (Å²) in [5.74, 6) is -0.628. The molecular formula is C27H29FN2O2. The van der Waals surface area contributed by atoms with Gasteiger partial charge in [0, 0.05) is 25.9 Å². The van der Waals surface area contributed by atoms with Gasteiger partial charge in [-0.15, -0.1) is 0 Å². The monoisotopic (exact) mass is 432 g/mol. The molecule has 0 unspecified atom stereocenters. The average Bonchev–Trinajstić information content (AvgIpc) is 2.82. The minimum absolute atomic E-state index is 0.106. The lowest BCUT2D eigenvalue weighted by molar-refractivity contribution is -0.141. The molecule has 3 aromatic rings. The van der Waals surface area contributed by atoms with E-state index >= 15 is 0 Å². The molecule has 4 nitrogen and oxygen atoms in total. The van der Waals surface area contributed by atoms with Gasteiger partial charge in [-0.2, -0.15) is 0 Å². The third kappa shape index (κ3) is 6.77. The minimum atomic E-state index is -0.661. The Morgan fingerprint density at radius 1 is 0.844 bits per heavy atom. The molecule has 0 heterocycles. The van der Waals surface area contributed by atoms with E-state index in [4.69, 9.17) is 0 Å². The molecule has 1 atom stereocenters. The van der Waals surface area contributed by atoms with Crippen LogP contribution >= 0.6 is 0 Å². The van der Waals surface area contributed by atoms with Crippen molar-refractivity contribution in [1.29, 1.82) is 0 Å². The summed E-state index contributed by atoms with van der Waals surface area (Å²) in [4.78, 5) is 28.1. The highest BCUT2D eigenvalue weighted by atomic mass is 19.1. The van der Waals surface area contributed by atoms with Gasteiger partial charge in [-0.25, -0.2) is 4.39 Å². The highest BCUT2D eigenvalue weighted by Crippen LogP contribution is 2.17. The Bertz CT molecular complexity index is 991. The molecule has 0 saturated carbocycles. The summed E-state index contributed by atoms with van der Waals surface area (Å²) in [6, 6.07) is 24.9. The Balaban J connectivity index is 1.87. The van der Waals surface area contributed by atoms with Gasteiger partial charge in [-0.05, 0) is 42.2 Å². The highest BCUT2D eigenvalue weighted by Gasteiger charge is 2.29. The molecule has 32 heavy (non-hydrogen) atoms. The largest absolute Gasteiger partial charge is 0.355 e. The van der Waals surface area contributed by atoms with Crippen LogP contribution in [0.3, 0.4) is 0 Å². The predicted octanol–water partition coefficient (Wildman–Crippen LogP) is 4.53. The van der Waals surface area contributed by atoms with Gasteiger partial charge in [0.1, 0.15) is 11.9 Å². The number of nitrogens with zero attached hydrogens (tertiary/aromatic N) is 1. The zero-order valence-electron chi connectivity index (χ0n) is 18.3. The lowest BCUT2D eigenvalue weighted by atomic mass is 10.0. The minimum Gasteiger partial charge on any atom is -0.355 e. The molecule has 5 heteroatoms. The van der Waals surface area contributed by atoms with E-state index in [1.807, 2.05) is 67.6 Å². The lowest BCUT2D eigenvalue weighted by Crippen LogP contribution is -2.50. The SMILES string of the molecule is CCNC(=O)[C@H](Cc1ccccc1)N(Cc1ccc(F)cc1)C(=O)CCc1ccccc1. The number of hydrogen-bond donors (Lipinski definition) is 1. The van der Waals surface area contributed by atoms with E-state index in [0.717, 1.165) is 16.7 Å². The lowest BCUT2D eigenvalue weighted by Gasteiger charge is -2.31. The van der Waals surface area contributed by atoms with Crippen molar-refractivity contribution in [1.82, 2.24) is 10.2 Å². The third-order valence-electron chi connectivity index (χ3n) is 5.36. The quantitative estimate of drug-likeness (QED) is 0.512. The summed E-state index contributed by atoms with van der Waals surface area (Å²) in [7, 11) is 0. The third-order valence-corrected chi connectivity index (χ3v) is 5.36. The van der Waals surface area contributed by atoms with Gasteiger partial charge >= 0.3 is 0 Å². The second-order valence-corrected chi connectivity index (χ2v) is 7.73. The fourth-order valence-corrected chi connectivity index (χ4v) is 3.67. The molecule has 166 valence electrons. The van der Waals surface area contributed by atoms with Crippen LogP contribution in [0.1, 0.15) is 30.0 Å². The van der Waals surface area contributed by atoms with Crippen LogP contribution in [0.15, 0.2) is 84.9 Å². The highest BCUT2D eigenvalue weighted by molar-refractivity contribution is 5.88. The van der Waals surface area contributed by atoms with Crippen LogP contribution in [0.2, 0.25) is 0 Å². The Morgan fingerprint density at radius 3 is 2.03 bits per heavy atom. The molecule has 0 saturated heterocycles. The van der Waals surface area contributed by atoms with Crippen molar-refractivity contribution >= 4 is 11.8 Å². The smallest absolute Gasteiger partial charge is 0.243 e. The van der Waals surface area contributed by atoms with Gasteiger partial charge in [0.05, 0.1) is 0 Å². The number of benzene rings is 3. The fraction of sp³-hybridized carbons (Fsp3) is 0.259. The standard InChI is InChI=1S/C27H29FN2O2/c1-2-29-27(32)25(19-22-11-7-4-8-12-22)30(20-23-13-16-24(28)17-14-23)26(31)18-15-21-9-5-3-6-10-21/h3-14,16-17,25H,2,15,18-20H2,1H3,(H,29,32)/t25-/m0/s1. The van der Waals surface area contributed by atoms with E-state index in [2.05, 4.69) is 5.32 Å². The Hall–Kier alpha value is -3.47. The van der Waals surface area contributed by atoms with E-state index in [0.29, 0.717) is 19.4 Å². The normalized spacial score (nSPS) is 11.6. The number of carbonyl (C=O) groups excluding carboxylic acids is 2. The van der Waals surface area contributed by atoms with Crippen LogP contribution in [0.25, 0.3) is 0 Å². The van der Waals surface area contributed by atoms with Gasteiger partial charge < -0.3 is 10.2 Å². The van der Waals surface area contributed by atoms with Crippen LogP contribution in [-0.2, 0) is 29.0 Å². The molecule has 0 fully saturated rings. The summed E-state index contributed by atoms with van der Waals surface area (Å²) in [6.45, 7) is 2.58. The first-order chi connectivity index (χ1) is 15.6. The fourth-order valence-electron chi connectivity index (χ4n) is 3.67. The predicted molar refractivity (Wildman–Crippen MR) is 124 cm³/mol. The van der Waals surface area contributed by atoms with Gasteiger partial charge in [-0.3, -0.25) is 9.59 Å². The summed E-state index contributed by atoms with van der Waals surface area (Å²) in [6.07, 6.45) is 1.29. The van der Waals surface area contributed by atoms with E-state index in [1.165, 1.54) is 12.1 Å². The van der Waals surface area contributed by atoms with Gasteiger partial charge in [0.2, 0.25) is 11.8 Å². The molecule has 0 spiro atoms. The zero-order chi connectivity index (χ0) is 22.8. The van der Waals surface area contributed by atoms with Gasteiger partial charge in [-0.1, -0.05) is 72.8 Å². The molecular weight excluding hydrogens is 403 g/mol. The first-order valence-corrected chi connectivity index (χ1v) is 11.0. The Labute approximate surface area is 189 Å². The number of nitrogens with one attached hydrogen (secondary N) is 1. The second-order valence-electron chi connectivity index (χ2n) is 7.73. The number of halogens is 1. The molecule has 2 amide bonds. The van der Waals surface area contributed by atoms with E-state index in [-0.39, 0.29) is 30.6 Å². The van der Waals surface area contributed by atoms with Crippen molar-refractivity contribution < 1.29 is 14.0 Å². The first kappa shape index (κ1) is 23.2. The van der Waals surface area contributed by atoms with E-state index in [1.54, 1.807) is 17.0 Å². The maximum atomic E-state index is 13.4. The Morgan fingerprint density at radius 2 is 1.44 bits per heavy atom. The Kier molecular flexibility index (Phi) is 8.55. The van der Waals surface area contributed by atoms with Crippen molar-refractivity contribution in [2.45, 2.75) is 38.8 Å². The molecule has 1 N–H and O–H groups in total. The average molecular weight is 433 g/mol. The van der Waals surface area contributed by atoms with Crippen LogP contribution in [0, 0.1) is 5.82 Å². The van der Waals surface area contributed by atoms with Crippen molar-refractivity contribution in [3.05, 3.63) is 107 Å². The summed E-state index contributed by atoms with van der Waals surface area (Å²) in [5, 5.41) is 2.88. The molecule has 0 radical (unpaired) electrons. The van der Waals surface area contributed by atoms with E-state index < -0.39 is 6.04 Å². The first-order valence-electron chi connectivity index (χ1n) is 11.0. The van der Waals surface area contributed by atoms with E-state index in [9.17, 15) is 14.0 Å². The molecule has 0 aliphatic heterocycles. The summed E-state index contributed by atoms with van der Waals surface area (Å²) >= 11 is 0. The van der Waals surface area contributed by atoms with Crippen LogP contribution in [-0.4, -0.2) is 29.3 Å². The number of amides is 2. The molecule has 0 aliphatic carbocycles. The van der Waals surface area contributed by atoms with Crippen LogP contribution < -0.4 is 5.32 Å². The van der Waals surface area contributed by atoms with Gasteiger partial charge in [0.25, 0.3) is 0 Å². The van der Waals surface area contributed by atoms with Crippen LogP contribution in [0.5, 0.6) is 0 Å². The number of rotatable bonds is 10. The summed E-state index contributed by atoms with van der Waals surface area (Å²) in [5.41, 5.74) is 2.82. The van der Waals surface area contributed by atoms with Crippen LogP contribution in [0.4, 0.5) is 4.39 Å². The van der Waals surface area contributed by atoms with Crippen molar-refractivity contribution in [2.75, 3.05) is 6.54 Å². The molecule has 0 aliphatic rings. The maximum absolute atomic E-state index is 13.4. The number of aryl methyl sites for hydroxylation is 1. The number of hydrogen-bond acceptors (Lipinski definition) is 2. The molecule has 3 aromatic carbocycles. The maximum Gasteiger partial charge on any atom is 0.243 e. The molecule has 0 bridgehead atoms. The summed E-state index contributed by atoms with van der Waals surface area (Å²) < 4.78 is 13.4. The number of carbonyl (C=O) groups is 2. The number of likely N-dealkylation sites (N-methyl/N-ethyl adjacent to an activating group) is 1. The second kappa shape index (κ2) is 11.8. The zero-order valence-corrected chi connectivity index (χ0v) is 18.3. The van der Waals surface area contributed by atoms with Crippen molar-refractivity contribution in [3.8, 4) is 0 Å². The van der Waals surface area contributed by atoms with Crippen molar-refractivity contribution in [3.63, 3.8) is 0 Å².